The molecule has 5 nitrogen and oxygen atoms in total. The van der Waals surface area contributed by atoms with E-state index in [1.54, 1.807) is 7.11 Å². The molecule has 1 aromatic carbocycles. The molecule has 0 aromatic heterocycles. The highest BCUT2D eigenvalue weighted by molar-refractivity contribution is 5.64. The Kier molecular flexibility index (Phi) is 4.76. The van der Waals surface area contributed by atoms with Crippen LogP contribution in [0.1, 0.15) is 11.1 Å². The van der Waals surface area contributed by atoms with Crippen LogP contribution in [0.2, 0.25) is 0 Å². The number of amides is 1. The molecule has 1 aliphatic heterocycles. The summed E-state index contributed by atoms with van der Waals surface area (Å²) in [5.74, 6) is 0. The zero-order chi connectivity index (χ0) is 13.7. The Hall–Kier alpha value is -1.59. The minimum Gasteiger partial charge on any atom is -0.465 e. The van der Waals surface area contributed by atoms with E-state index in [1.165, 1.54) is 5.56 Å². The van der Waals surface area contributed by atoms with Crippen LogP contribution >= 0.6 is 0 Å². The molecule has 1 heterocycles. The van der Waals surface area contributed by atoms with Gasteiger partial charge in [-0.2, -0.15) is 0 Å². The summed E-state index contributed by atoms with van der Waals surface area (Å²) in [5.41, 5.74) is 2.43. The maximum atomic E-state index is 10.3. The number of nitrogens with zero attached hydrogens (tertiary/aromatic N) is 1. The van der Waals surface area contributed by atoms with Crippen LogP contribution in [0.3, 0.4) is 0 Å². The average Bonchev–Trinajstić information content (AvgIpc) is 2.34. The maximum Gasteiger partial charge on any atom is 0.404 e. The molecule has 1 amide bonds. The molecule has 2 rings (SSSR count). The van der Waals surface area contributed by atoms with Crippen molar-refractivity contribution in [1.82, 2.24) is 10.2 Å². The lowest BCUT2D eigenvalue weighted by atomic mass is 10.1. The van der Waals surface area contributed by atoms with Gasteiger partial charge < -0.3 is 15.2 Å². The normalized spacial score (nSPS) is 16.1. The van der Waals surface area contributed by atoms with E-state index in [2.05, 4.69) is 34.5 Å². The summed E-state index contributed by atoms with van der Waals surface area (Å²) in [6.45, 7) is 3.41. The highest BCUT2D eigenvalue weighted by Crippen LogP contribution is 2.15. The molecule has 2 N–H and O–H groups in total. The molecule has 0 unspecified atom stereocenters. The lowest BCUT2D eigenvalue weighted by molar-refractivity contribution is -0.0334. The molecule has 0 radical (unpaired) electrons. The van der Waals surface area contributed by atoms with Crippen molar-refractivity contribution in [2.24, 2.45) is 0 Å². The van der Waals surface area contributed by atoms with Crippen molar-refractivity contribution in [3.63, 3.8) is 0 Å². The predicted octanol–water partition coefficient (Wildman–Crippen LogP) is 1.33. The van der Waals surface area contributed by atoms with Crippen LogP contribution in [0.5, 0.6) is 0 Å². The van der Waals surface area contributed by atoms with Crippen LogP contribution in [-0.2, 0) is 17.7 Å². The Morgan fingerprint density at radius 2 is 2.00 bits per heavy atom. The molecule has 1 aromatic rings. The van der Waals surface area contributed by atoms with Gasteiger partial charge >= 0.3 is 6.09 Å². The number of carbonyl (C=O) groups is 1. The van der Waals surface area contributed by atoms with Gasteiger partial charge in [-0.05, 0) is 17.5 Å². The van der Waals surface area contributed by atoms with Gasteiger partial charge in [0.2, 0.25) is 0 Å². The molecule has 1 fully saturated rings. The molecule has 0 aliphatic carbocycles. The van der Waals surface area contributed by atoms with Crippen molar-refractivity contribution < 1.29 is 14.6 Å². The van der Waals surface area contributed by atoms with Crippen LogP contribution in [0.4, 0.5) is 4.79 Å². The van der Waals surface area contributed by atoms with Crippen molar-refractivity contribution >= 4 is 6.09 Å². The third kappa shape index (κ3) is 4.22. The van der Waals surface area contributed by atoms with Crippen LogP contribution < -0.4 is 5.32 Å². The summed E-state index contributed by atoms with van der Waals surface area (Å²) in [6, 6.07) is 8.34. The van der Waals surface area contributed by atoms with Gasteiger partial charge in [-0.1, -0.05) is 24.3 Å². The van der Waals surface area contributed by atoms with Gasteiger partial charge in [-0.15, -0.1) is 0 Å². The molecule has 19 heavy (non-hydrogen) atoms. The van der Waals surface area contributed by atoms with Gasteiger partial charge in [-0.25, -0.2) is 4.79 Å². The van der Waals surface area contributed by atoms with Crippen molar-refractivity contribution in [1.29, 1.82) is 0 Å². The highest BCUT2D eigenvalue weighted by atomic mass is 16.5. The minimum absolute atomic E-state index is 0.390. The molecule has 1 saturated heterocycles. The number of hydrogen-bond acceptors (Lipinski definition) is 3. The van der Waals surface area contributed by atoms with E-state index in [9.17, 15) is 4.79 Å². The fourth-order valence-corrected chi connectivity index (χ4v) is 2.18. The summed E-state index contributed by atoms with van der Waals surface area (Å²) >= 11 is 0. The van der Waals surface area contributed by atoms with E-state index in [1.807, 2.05) is 0 Å². The zero-order valence-electron chi connectivity index (χ0n) is 11.1. The topological polar surface area (TPSA) is 61.8 Å². The number of hydrogen-bond donors (Lipinski definition) is 2. The number of benzene rings is 1. The fraction of sp³-hybridized carbons (Fsp3) is 0.500. The highest BCUT2D eigenvalue weighted by Gasteiger charge is 2.25. The quantitative estimate of drug-likeness (QED) is 0.813. The first kappa shape index (κ1) is 13.8. The van der Waals surface area contributed by atoms with E-state index in [0.717, 1.165) is 31.6 Å². The van der Waals surface area contributed by atoms with Crippen molar-refractivity contribution in [2.75, 3.05) is 26.7 Å². The van der Waals surface area contributed by atoms with E-state index >= 15 is 0 Å². The number of carboxylic acid groups (broad SMARTS) is 1. The molecule has 0 spiro atoms. The van der Waals surface area contributed by atoms with Crippen LogP contribution in [0.15, 0.2) is 24.3 Å². The van der Waals surface area contributed by atoms with Gasteiger partial charge in [0, 0.05) is 33.3 Å². The summed E-state index contributed by atoms with van der Waals surface area (Å²) in [6.07, 6.45) is 0.144. The largest absolute Gasteiger partial charge is 0.465 e. The van der Waals surface area contributed by atoms with E-state index in [0.29, 0.717) is 12.6 Å². The van der Waals surface area contributed by atoms with Crippen molar-refractivity contribution in [2.45, 2.75) is 19.1 Å². The SMILES string of the molecule is COC1CN(Cc2ccc(CCNC(=O)O)cc2)C1. The summed E-state index contributed by atoms with van der Waals surface area (Å²) in [4.78, 5) is 12.7. The molecule has 0 atom stereocenters. The third-order valence-electron chi connectivity index (χ3n) is 3.38. The average molecular weight is 264 g/mol. The van der Waals surface area contributed by atoms with Crippen LogP contribution in [-0.4, -0.2) is 48.9 Å². The minimum atomic E-state index is -0.970. The smallest absolute Gasteiger partial charge is 0.404 e. The number of ether oxygens (including phenoxy) is 1. The Bertz CT molecular complexity index is 413. The molecule has 104 valence electrons. The molecular formula is C14H20N2O3. The summed E-state index contributed by atoms with van der Waals surface area (Å²) < 4.78 is 5.24. The van der Waals surface area contributed by atoms with Crippen molar-refractivity contribution in [3.05, 3.63) is 35.4 Å². The second-order valence-electron chi connectivity index (χ2n) is 4.85. The van der Waals surface area contributed by atoms with Gasteiger partial charge in [-0.3, -0.25) is 4.90 Å². The fourth-order valence-electron chi connectivity index (χ4n) is 2.18. The maximum absolute atomic E-state index is 10.3. The second kappa shape index (κ2) is 6.54. The number of likely N-dealkylation sites (tertiary alicyclic amines) is 1. The Balaban J connectivity index is 1.74. The molecular weight excluding hydrogens is 244 g/mol. The first-order valence-electron chi connectivity index (χ1n) is 6.47. The van der Waals surface area contributed by atoms with E-state index in [-0.39, 0.29) is 0 Å². The predicted molar refractivity (Wildman–Crippen MR) is 72.2 cm³/mol. The Morgan fingerprint density at radius 1 is 1.37 bits per heavy atom. The standard InChI is InChI=1S/C14H20N2O3/c1-19-13-9-16(10-13)8-12-4-2-11(3-5-12)6-7-15-14(17)18/h2-5,13,15H,6-10H2,1H3,(H,17,18). The molecule has 0 saturated carbocycles. The first-order valence-corrected chi connectivity index (χ1v) is 6.47. The van der Waals surface area contributed by atoms with E-state index in [4.69, 9.17) is 9.84 Å². The first-order chi connectivity index (χ1) is 9.17. The zero-order valence-corrected chi connectivity index (χ0v) is 11.1. The van der Waals surface area contributed by atoms with Crippen molar-refractivity contribution in [3.8, 4) is 0 Å². The summed E-state index contributed by atoms with van der Waals surface area (Å²) in [5, 5.41) is 10.8. The monoisotopic (exact) mass is 264 g/mol. The second-order valence-corrected chi connectivity index (χ2v) is 4.85. The number of methoxy groups -OCH3 is 1. The summed E-state index contributed by atoms with van der Waals surface area (Å²) in [7, 11) is 1.75. The Labute approximate surface area is 113 Å². The lowest BCUT2D eigenvalue weighted by Crippen LogP contribution is -2.50. The van der Waals surface area contributed by atoms with Gasteiger partial charge in [0.25, 0.3) is 0 Å². The Morgan fingerprint density at radius 3 is 2.58 bits per heavy atom. The number of nitrogens with one attached hydrogen (secondary N) is 1. The lowest BCUT2D eigenvalue weighted by Gasteiger charge is -2.38. The van der Waals surface area contributed by atoms with Gasteiger partial charge in [0.1, 0.15) is 0 Å². The molecule has 5 heteroatoms. The van der Waals surface area contributed by atoms with Crippen LogP contribution in [0, 0.1) is 0 Å². The molecule has 1 aliphatic rings. The van der Waals surface area contributed by atoms with Gasteiger partial charge in [0.05, 0.1) is 6.10 Å². The number of rotatable bonds is 6. The van der Waals surface area contributed by atoms with E-state index < -0.39 is 6.09 Å². The van der Waals surface area contributed by atoms with Crippen LogP contribution in [0.25, 0.3) is 0 Å². The van der Waals surface area contributed by atoms with Gasteiger partial charge in [0.15, 0.2) is 0 Å². The third-order valence-corrected chi connectivity index (χ3v) is 3.38. The molecule has 0 bridgehead atoms.